The van der Waals surface area contributed by atoms with Crippen LogP contribution in [0, 0.1) is 0 Å². The highest BCUT2D eigenvalue weighted by atomic mass is 79.9. The van der Waals surface area contributed by atoms with Crippen LogP contribution < -0.4 is 5.32 Å². The third kappa shape index (κ3) is 5.30. The molecule has 1 aromatic rings. The van der Waals surface area contributed by atoms with Crippen molar-refractivity contribution in [3.05, 3.63) is 20.8 Å². The molecule has 0 aliphatic heterocycles. The summed E-state index contributed by atoms with van der Waals surface area (Å²) < 4.78 is 1.14. The maximum atomic E-state index is 10.2. The molecule has 1 rings (SSSR count). The predicted molar refractivity (Wildman–Crippen MR) is 65.2 cm³/mol. The minimum Gasteiger partial charge on any atom is -0.481 e. The molecule has 0 saturated heterocycles. The summed E-state index contributed by atoms with van der Waals surface area (Å²) in [6.07, 6.45) is 1.92. The van der Waals surface area contributed by atoms with E-state index < -0.39 is 5.97 Å². The van der Waals surface area contributed by atoms with Gasteiger partial charge in [0.1, 0.15) is 0 Å². The van der Waals surface area contributed by atoms with Crippen LogP contribution in [0.3, 0.4) is 0 Å². The highest BCUT2D eigenvalue weighted by molar-refractivity contribution is 9.10. The van der Waals surface area contributed by atoms with Crippen molar-refractivity contribution in [3.8, 4) is 0 Å². The van der Waals surface area contributed by atoms with Crippen LogP contribution in [0.1, 0.15) is 24.1 Å². The molecule has 0 radical (unpaired) electrons. The van der Waals surface area contributed by atoms with E-state index in [1.807, 2.05) is 11.4 Å². The van der Waals surface area contributed by atoms with Gasteiger partial charge in [0.15, 0.2) is 0 Å². The van der Waals surface area contributed by atoms with Gasteiger partial charge in [-0.25, -0.2) is 0 Å². The number of nitrogens with one attached hydrogen (secondary N) is 1. The molecule has 1 heterocycles. The van der Waals surface area contributed by atoms with Crippen molar-refractivity contribution in [2.45, 2.75) is 25.8 Å². The van der Waals surface area contributed by atoms with Crippen LogP contribution in [-0.4, -0.2) is 17.6 Å². The molecule has 3 nitrogen and oxygen atoms in total. The van der Waals surface area contributed by atoms with Crippen molar-refractivity contribution in [2.24, 2.45) is 0 Å². The molecule has 84 valence electrons. The van der Waals surface area contributed by atoms with Crippen LogP contribution >= 0.6 is 27.3 Å². The molecule has 15 heavy (non-hydrogen) atoms. The van der Waals surface area contributed by atoms with E-state index in [1.165, 1.54) is 4.88 Å². The Bertz CT molecular complexity index is 314. The lowest BCUT2D eigenvalue weighted by molar-refractivity contribution is -0.137. The highest BCUT2D eigenvalue weighted by Crippen LogP contribution is 2.21. The van der Waals surface area contributed by atoms with Gasteiger partial charge >= 0.3 is 5.97 Å². The van der Waals surface area contributed by atoms with Crippen LogP contribution in [0.4, 0.5) is 0 Å². The zero-order chi connectivity index (χ0) is 11.1. The van der Waals surface area contributed by atoms with Crippen molar-refractivity contribution >= 4 is 33.2 Å². The van der Waals surface area contributed by atoms with Gasteiger partial charge in [0.05, 0.1) is 0 Å². The lowest BCUT2D eigenvalue weighted by Crippen LogP contribution is -2.14. The van der Waals surface area contributed by atoms with Crippen molar-refractivity contribution in [1.82, 2.24) is 5.32 Å². The zero-order valence-electron chi connectivity index (χ0n) is 8.33. The van der Waals surface area contributed by atoms with Crippen LogP contribution in [-0.2, 0) is 11.3 Å². The monoisotopic (exact) mass is 291 g/mol. The minimum atomic E-state index is -0.712. The molecule has 0 aliphatic rings. The van der Waals surface area contributed by atoms with Crippen molar-refractivity contribution < 1.29 is 9.90 Å². The average molecular weight is 292 g/mol. The Morgan fingerprint density at radius 3 is 2.93 bits per heavy atom. The van der Waals surface area contributed by atoms with Gasteiger partial charge in [0.2, 0.25) is 0 Å². The predicted octanol–water partition coefficient (Wildman–Crippen LogP) is 2.86. The molecule has 0 fully saturated rings. The molecule has 0 amide bonds. The fourth-order valence-electron chi connectivity index (χ4n) is 1.18. The average Bonchev–Trinajstić information content (AvgIpc) is 2.57. The first-order valence-electron chi connectivity index (χ1n) is 4.84. The Labute approximate surface area is 102 Å². The van der Waals surface area contributed by atoms with E-state index in [4.69, 9.17) is 5.11 Å². The molecule has 0 bridgehead atoms. The largest absolute Gasteiger partial charge is 0.481 e. The maximum Gasteiger partial charge on any atom is 0.303 e. The summed E-state index contributed by atoms with van der Waals surface area (Å²) in [5.74, 6) is -0.712. The number of carboxylic acids is 1. The van der Waals surface area contributed by atoms with Gasteiger partial charge in [-0.05, 0) is 46.8 Å². The molecule has 0 aromatic carbocycles. The first-order chi connectivity index (χ1) is 7.20. The van der Waals surface area contributed by atoms with Crippen LogP contribution in [0.15, 0.2) is 15.9 Å². The van der Waals surface area contributed by atoms with E-state index >= 15 is 0 Å². The number of aliphatic carboxylic acids is 1. The smallest absolute Gasteiger partial charge is 0.303 e. The molecule has 0 spiro atoms. The van der Waals surface area contributed by atoms with E-state index in [1.54, 1.807) is 11.3 Å². The third-order valence-corrected chi connectivity index (χ3v) is 3.90. The molecular weight excluding hydrogens is 278 g/mol. The van der Waals surface area contributed by atoms with Gasteiger partial charge < -0.3 is 10.4 Å². The Balaban J connectivity index is 2.03. The number of carbonyl (C=O) groups is 1. The number of rotatable bonds is 7. The summed E-state index contributed by atoms with van der Waals surface area (Å²) in [6.45, 7) is 1.73. The first kappa shape index (κ1) is 12.7. The fraction of sp³-hybridized carbons (Fsp3) is 0.500. The van der Waals surface area contributed by atoms with Gasteiger partial charge in [-0.15, -0.1) is 11.3 Å². The second-order valence-electron chi connectivity index (χ2n) is 3.22. The van der Waals surface area contributed by atoms with Crippen LogP contribution in [0.2, 0.25) is 0 Å². The number of carboxylic acid groups (broad SMARTS) is 1. The summed E-state index contributed by atoms with van der Waals surface area (Å²) in [7, 11) is 0. The molecule has 0 atom stereocenters. The van der Waals surface area contributed by atoms with Crippen molar-refractivity contribution in [3.63, 3.8) is 0 Å². The first-order valence-corrected chi connectivity index (χ1v) is 6.52. The summed E-state index contributed by atoms with van der Waals surface area (Å²) in [6, 6.07) is 2.03. The summed E-state index contributed by atoms with van der Waals surface area (Å²) >= 11 is 5.18. The Morgan fingerprint density at radius 2 is 2.33 bits per heavy atom. The second-order valence-corrected chi connectivity index (χ2v) is 5.07. The summed E-state index contributed by atoms with van der Waals surface area (Å²) in [5.41, 5.74) is 0. The quantitative estimate of drug-likeness (QED) is 0.760. The van der Waals surface area contributed by atoms with Crippen LogP contribution in [0.25, 0.3) is 0 Å². The van der Waals surface area contributed by atoms with Gasteiger partial charge in [0.25, 0.3) is 0 Å². The van der Waals surface area contributed by atoms with Crippen molar-refractivity contribution in [2.75, 3.05) is 6.54 Å². The zero-order valence-corrected chi connectivity index (χ0v) is 10.7. The van der Waals surface area contributed by atoms with Gasteiger partial charge in [0, 0.05) is 22.3 Å². The lowest BCUT2D eigenvalue weighted by Gasteiger charge is -2.02. The molecule has 0 aliphatic carbocycles. The summed E-state index contributed by atoms with van der Waals surface area (Å²) in [4.78, 5) is 11.5. The van der Waals surface area contributed by atoms with E-state index in [0.29, 0.717) is 0 Å². The van der Waals surface area contributed by atoms with Crippen LogP contribution in [0.5, 0.6) is 0 Å². The van der Waals surface area contributed by atoms with E-state index in [-0.39, 0.29) is 6.42 Å². The molecular formula is C10H14BrNO2S. The van der Waals surface area contributed by atoms with Crippen molar-refractivity contribution in [1.29, 1.82) is 0 Å². The number of halogens is 1. The van der Waals surface area contributed by atoms with Gasteiger partial charge in [-0.3, -0.25) is 4.79 Å². The van der Waals surface area contributed by atoms with E-state index in [2.05, 4.69) is 21.2 Å². The molecule has 0 saturated carbocycles. The molecule has 5 heteroatoms. The normalized spacial score (nSPS) is 10.5. The third-order valence-electron chi connectivity index (χ3n) is 1.97. The Kier molecular flexibility index (Phi) is 5.90. The number of hydrogen-bond acceptors (Lipinski definition) is 3. The number of thiophene rings is 1. The van der Waals surface area contributed by atoms with Gasteiger partial charge in [-0.2, -0.15) is 0 Å². The molecule has 2 N–H and O–H groups in total. The highest BCUT2D eigenvalue weighted by Gasteiger charge is 2.00. The van der Waals surface area contributed by atoms with E-state index in [0.717, 1.165) is 30.4 Å². The fourth-order valence-corrected chi connectivity index (χ4v) is 2.64. The maximum absolute atomic E-state index is 10.2. The summed E-state index contributed by atoms with van der Waals surface area (Å²) in [5, 5.41) is 13.8. The Hall–Kier alpha value is -0.390. The SMILES string of the molecule is O=C(O)CCCCNCc1sccc1Br. The molecule has 1 aromatic heterocycles. The van der Waals surface area contributed by atoms with E-state index in [9.17, 15) is 4.79 Å². The lowest BCUT2D eigenvalue weighted by atomic mass is 10.2. The number of hydrogen-bond donors (Lipinski definition) is 2. The minimum absolute atomic E-state index is 0.268. The Morgan fingerprint density at radius 1 is 1.53 bits per heavy atom. The standard InChI is InChI=1S/C10H14BrNO2S/c11-8-4-6-15-9(8)7-12-5-2-1-3-10(13)14/h4,6,12H,1-3,5,7H2,(H,13,14). The second kappa shape index (κ2) is 6.98. The van der Waals surface area contributed by atoms with Gasteiger partial charge in [-0.1, -0.05) is 0 Å². The molecule has 0 unspecified atom stereocenters. The number of unbranched alkanes of at least 4 members (excludes halogenated alkanes) is 1. The topological polar surface area (TPSA) is 49.3 Å².